The number of carbonyl (C=O) groups excluding carboxylic acids is 1. The van der Waals surface area contributed by atoms with Gasteiger partial charge in [0.1, 0.15) is 5.82 Å². The number of unbranched alkanes of at least 4 members (excludes halogenated alkanes) is 1. The van der Waals surface area contributed by atoms with Crippen LogP contribution in [0.4, 0.5) is 5.69 Å². The van der Waals surface area contributed by atoms with Crippen LogP contribution in [0.5, 0.6) is 0 Å². The minimum absolute atomic E-state index is 0.162. The molecule has 0 aliphatic rings. The number of H-pyrrole nitrogens is 1. The normalized spacial score (nSPS) is 11.5. The van der Waals surface area contributed by atoms with E-state index >= 15 is 0 Å². The predicted octanol–water partition coefficient (Wildman–Crippen LogP) is 3.41. The second-order valence-corrected chi connectivity index (χ2v) is 9.45. The van der Waals surface area contributed by atoms with Gasteiger partial charge in [-0.2, -0.15) is 5.10 Å². The molecule has 3 heterocycles. The maximum Gasteiger partial charge on any atom is 0.330 e. The van der Waals surface area contributed by atoms with E-state index < -0.39 is 11.2 Å². The Morgan fingerprint density at radius 3 is 2.67 bits per heavy atom. The van der Waals surface area contributed by atoms with Crippen molar-refractivity contribution in [3.05, 3.63) is 68.9 Å². The number of aryl methyl sites for hydroxylation is 3. The van der Waals surface area contributed by atoms with Gasteiger partial charge in [0.2, 0.25) is 5.91 Å². The standard InChI is InChI=1S/C26H33N7O3/c1-5-6-14-31-24-23(25(35)30-26(31)36)32(16-17(2)3)21(29-24)10-11-22(34)28-19-8-7-9-20(15-19)33-18(4)12-13-27-33/h7-9,12-13,15,17H,5-6,10-11,14,16H2,1-4H3,(H,28,34)(H,30,35,36). The van der Waals surface area contributed by atoms with Gasteiger partial charge in [0.25, 0.3) is 5.56 Å². The largest absolute Gasteiger partial charge is 0.330 e. The molecule has 10 nitrogen and oxygen atoms in total. The maximum absolute atomic E-state index is 12.8. The first-order valence-corrected chi connectivity index (χ1v) is 12.4. The minimum atomic E-state index is -0.452. The van der Waals surface area contributed by atoms with E-state index in [2.05, 4.69) is 29.2 Å². The van der Waals surface area contributed by atoms with Crippen molar-refractivity contribution in [2.45, 2.75) is 66.5 Å². The average Bonchev–Trinajstić information content (AvgIpc) is 3.41. The first-order valence-electron chi connectivity index (χ1n) is 12.4. The van der Waals surface area contributed by atoms with Crippen LogP contribution in [-0.4, -0.2) is 34.8 Å². The summed E-state index contributed by atoms with van der Waals surface area (Å²) in [6, 6.07) is 9.43. The molecule has 36 heavy (non-hydrogen) atoms. The number of nitrogens with zero attached hydrogens (tertiary/aromatic N) is 5. The Hall–Kier alpha value is -3.95. The molecule has 0 bridgehead atoms. The topological polar surface area (TPSA) is 120 Å². The second kappa shape index (κ2) is 10.8. The maximum atomic E-state index is 12.8. The molecule has 0 spiro atoms. The highest BCUT2D eigenvalue weighted by Gasteiger charge is 2.20. The third-order valence-corrected chi connectivity index (χ3v) is 6.03. The number of amides is 1. The van der Waals surface area contributed by atoms with Crippen LogP contribution in [0.3, 0.4) is 0 Å². The summed E-state index contributed by atoms with van der Waals surface area (Å²) >= 11 is 0. The zero-order valence-electron chi connectivity index (χ0n) is 21.2. The fourth-order valence-electron chi connectivity index (χ4n) is 4.30. The molecule has 0 atom stereocenters. The summed E-state index contributed by atoms with van der Waals surface area (Å²) < 4.78 is 5.19. The number of fused-ring (bicyclic) bond motifs is 1. The third kappa shape index (κ3) is 5.32. The smallest absolute Gasteiger partial charge is 0.326 e. The quantitative estimate of drug-likeness (QED) is 0.352. The molecule has 10 heteroatoms. The van der Waals surface area contributed by atoms with Crippen LogP contribution < -0.4 is 16.6 Å². The van der Waals surface area contributed by atoms with Crippen LogP contribution in [0.25, 0.3) is 16.9 Å². The van der Waals surface area contributed by atoms with Crippen LogP contribution in [0.2, 0.25) is 0 Å². The molecule has 0 aliphatic carbocycles. The van der Waals surface area contributed by atoms with E-state index in [-0.39, 0.29) is 18.2 Å². The Balaban J connectivity index is 1.58. The van der Waals surface area contributed by atoms with Crippen LogP contribution >= 0.6 is 0 Å². The number of benzene rings is 1. The van der Waals surface area contributed by atoms with E-state index in [9.17, 15) is 14.4 Å². The second-order valence-electron chi connectivity index (χ2n) is 9.45. The van der Waals surface area contributed by atoms with Crippen molar-refractivity contribution < 1.29 is 4.79 Å². The average molecular weight is 492 g/mol. The molecule has 4 rings (SSSR count). The van der Waals surface area contributed by atoms with Crippen molar-refractivity contribution in [2.24, 2.45) is 5.92 Å². The Kier molecular flexibility index (Phi) is 7.52. The van der Waals surface area contributed by atoms with Crippen molar-refractivity contribution in [3.8, 4) is 5.69 Å². The van der Waals surface area contributed by atoms with Gasteiger partial charge >= 0.3 is 5.69 Å². The van der Waals surface area contributed by atoms with Gasteiger partial charge < -0.3 is 9.88 Å². The first-order chi connectivity index (χ1) is 17.3. The Morgan fingerprint density at radius 2 is 1.97 bits per heavy atom. The van der Waals surface area contributed by atoms with Crippen LogP contribution in [0.1, 0.15) is 51.6 Å². The van der Waals surface area contributed by atoms with E-state index in [1.165, 1.54) is 4.57 Å². The third-order valence-electron chi connectivity index (χ3n) is 6.03. The number of aromatic nitrogens is 6. The highest BCUT2D eigenvalue weighted by molar-refractivity contribution is 5.91. The fraction of sp³-hybridized carbons (Fsp3) is 0.423. The summed E-state index contributed by atoms with van der Waals surface area (Å²) in [6.07, 6.45) is 3.97. The van der Waals surface area contributed by atoms with Crippen LogP contribution in [0, 0.1) is 12.8 Å². The van der Waals surface area contributed by atoms with Crippen molar-refractivity contribution in [1.82, 2.24) is 28.9 Å². The molecular formula is C26H33N7O3. The summed E-state index contributed by atoms with van der Waals surface area (Å²) in [5, 5.41) is 7.26. The fourth-order valence-corrected chi connectivity index (χ4v) is 4.30. The zero-order valence-corrected chi connectivity index (χ0v) is 21.2. The van der Waals surface area contributed by atoms with Crippen molar-refractivity contribution in [3.63, 3.8) is 0 Å². The summed E-state index contributed by atoms with van der Waals surface area (Å²) in [6.45, 7) is 9.16. The predicted molar refractivity (Wildman–Crippen MR) is 140 cm³/mol. The Morgan fingerprint density at radius 1 is 1.17 bits per heavy atom. The van der Waals surface area contributed by atoms with Crippen molar-refractivity contribution in [1.29, 1.82) is 0 Å². The molecule has 0 unspecified atom stereocenters. The molecule has 0 fully saturated rings. The van der Waals surface area contributed by atoms with Gasteiger partial charge in [0.05, 0.1) is 5.69 Å². The molecule has 2 N–H and O–H groups in total. The summed E-state index contributed by atoms with van der Waals surface area (Å²) in [5.41, 5.74) is 2.40. The monoisotopic (exact) mass is 491 g/mol. The zero-order chi connectivity index (χ0) is 25.8. The number of rotatable bonds is 10. The molecule has 1 amide bonds. The molecule has 3 aromatic heterocycles. The van der Waals surface area contributed by atoms with Gasteiger partial charge in [-0.3, -0.25) is 19.1 Å². The van der Waals surface area contributed by atoms with Gasteiger partial charge in [-0.25, -0.2) is 14.5 Å². The minimum Gasteiger partial charge on any atom is -0.326 e. The van der Waals surface area contributed by atoms with Gasteiger partial charge in [-0.05, 0) is 43.5 Å². The van der Waals surface area contributed by atoms with Crippen molar-refractivity contribution in [2.75, 3.05) is 5.32 Å². The molecule has 0 aliphatic heterocycles. The lowest BCUT2D eigenvalue weighted by Gasteiger charge is -2.12. The summed E-state index contributed by atoms with van der Waals surface area (Å²) in [4.78, 5) is 45.2. The van der Waals surface area contributed by atoms with Crippen molar-refractivity contribution >= 4 is 22.8 Å². The van der Waals surface area contributed by atoms with E-state index in [1.807, 2.05) is 48.7 Å². The lowest BCUT2D eigenvalue weighted by atomic mass is 10.2. The van der Waals surface area contributed by atoms with E-state index in [0.29, 0.717) is 42.2 Å². The van der Waals surface area contributed by atoms with E-state index in [0.717, 1.165) is 24.2 Å². The molecular weight excluding hydrogens is 458 g/mol. The van der Waals surface area contributed by atoms with Gasteiger partial charge in [0, 0.05) is 43.5 Å². The number of nitrogens with one attached hydrogen (secondary N) is 2. The summed E-state index contributed by atoms with van der Waals surface area (Å²) in [5.74, 6) is 0.708. The van der Waals surface area contributed by atoms with Gasteiger partial charge in [-0.15, -0.1) is 0 Å². The Bertz CT molecular complexity index is 1490. The SMILES string of the molecule is CCCCn1c(=O)[nH]c(=O)c2c1nc(CCC(=O)Nc1cccc(-n3nccc3C)c1)n2CC(C)C. The highest BCUT2D eigenvalue weighted by atomic mass is 16.2. The number of carbonyl (C=O) groups is 1. The number of hydrogen-bond acceptors (Lipinski definition) is 5. The van der Waals surface area contributed by atoms with Crippen LogP contribution in [0.15, 0.2) is 46.1 Å². The van der Waals surface area contributed by atoms with Gasteiger partial charge in [-0.1, -0.05) is 33.3 Å². The molecule has 0 radical (unpaired) electrons. The lowest BCUT2D eigenvalue weighted by Crippen LogP contribution is -2.31. The number of hydrogen-bond donors (Lipinski definition) is 2. The first kappa shape index (κ1) is 25.2. The molecule has 190 valence electrons. The highest BCUT2D eigenvalue weighted by Crippen LogP contribution is 2.18. The molecule has 4 aromatic rings. The Labute approximate surface area is 209 Å². The molecule has 0 saturated carbocycles. The van der Waals surface area contributed by atoms with E-state index in [1.54, 1.807) is 10.9 Å². The molecule has 1 aromatic carbocycles. The van der Waals surface area contributed by atoms with E-state index in [4.69, 9.17) is 4.98 Å². The number of imidazole rings is 1. The van der Waals surface area contributed by atoms with Crippen LogP contribution in [-0.2, 0) is 24.3 Å². The number of anilines is 1. The molecule has 0 saturated heterocycles. The number of aromatic amines is 1. The van der Waals surface area contributed by atoms with Gasteiger partial charge in [0.15, 0.2) is 11.2 Å². The lowest BCUT2D eigenvalue weighted by molar-refractivity contribution is -0.116. The summed E-state index contributed by atoms with van der Waals surface area (Å²) in [7, 11) is 0.